The zero-order valence-electron chi connectivity index (χ0n) is 14.1. The van der Waals surface area contributed by atoms with Gasteiger partial charge in [0.2, 0.25) is 0 Å². The lowest BCUT2D eigenvalue weighted by molar-refractivity contribution is 0.141. The molecule has 0 saturated heterocycles. The van der Waals surface area contributed by atoms with Crippen LogP contribution in [-0.2, 0) is 0 Å². The molecule has 3 atom stereocenters. The van der Waals surface area contributed by atoms with Gasteiger partial charge in [-0.15, -0.1) is 0 Å². The lowest BCUT2D eigenvalue weighted by Crippen LogP contribution is -2.45. The summed E-state index contributed by atoms with van der Waals surface area (Å²) in [5, 5.41) is 5.60. The summed E-state index contributed by atoms with van der Waals surface area (Å²) in [7, 11) is 0. The monoisotopic (exact) mass is 297 g/mol. The van der Waals surface area contributed by atoms with Gasteiger partial charge in [-0.25, -0.2) is 0 Å². The van der Waals surface area contributed by atoms with Crippen LogP contribution in [0.2, 0.25) is 0 Å². The molecule has 2 heteroatoms. The Hall–Kier alpha value is 0.310. The SMILES string of the molecule is CCNC1CCC(C(C)(C)CC)CC1SC1CCCC1. The predicted molar refractivity (Wildman–Crippen MR) is 92.5 cm³/mol. The highest BCUT2D eigenvalue weighted by Crippen LogP contribution is 2.45. The van der Waals surface area contributed by atoms with Gasteiger partial charge < -0.3 is 5.32 Å². The van der Waals surface area contributed by atoms with Crippen molar-refractivity contribution in [2.75, 3.05) is 6.54 Å². The second-order valence-electron chi connectivity index (χ2n) is 7.60. The van der Waals surface area contributed by atoms with Crippen LogP contribution < -0.4 is 5.32 Å². The smallest absolute Gasteiger partial charge is 0.0206 e. The molecule has 0 amide bonds. The van der Waals surface area contributed by atoms with E-state index in [4.69, 9.17) is 0 Å². The molecule has 0 aromatic rings. The van der Waals surface area contributed by atoms with Gasteiger partial charge in [0, 0.05) is 16.5 Å². The van der Waals surface area contributed by atoms with Crippen molar-refractivity contribution >= 4 is 11.8 Å². The van der Waals surface area contributed by atoms with E-state index < -0.39 is 0 Å². The van der Waals surface area contributed by atoms with Crippen LogP contribution in [0.25, 0.3) is 0 Å². The Labute approximate surface area is 131 Å². The highest BCUT2D eigenvalue weighted by atomic mass is 32.2. The topological polar surface area (TPSA) is 12.0 Å². The molecule has 0 aliphatic heterocycles. The molecule has 2 fully saturated rings. The van der Waals surface area contributed by atoms with Crippen molar-refractivity contribution in [2.24, 2.45) is 11.3 Å². The molecule has 0 spiro atoms. The van der Waals surface area contributed by atoms with E-state index in [-0.39, 0.29) is 0 Å². The minimum Gasteiger partial charge on any atom is -0.313 e. The van der Waals surface area contributed by atoms with Crippen LogP contribution in [-0.4, -0.2) is 23.1 Å². The van der Waals surface area contributed by atoms with Crippen molar-refractivity contribution in [3.63, 3.8) is 0 Å². The summed E-state index contributed by atoms with van der Waals surface area (Å²) in [6.07, 6.45) is 11.5. The summed E-state index contributed by atoms with van der Waals surface area (Å²) in [6.45, 7) is 10.7. The third kappa shape index (κ3) is 4.16. The van der Waals surface area contributed by atoms with Crippen LogP contribution in [0.4, 0.5) is 0 Å². The number of nitrogens with one attached hydrogen (secondary N) is 1. The van der Waals surface area contributed by atoms with Gasteiger partial charge >= 0.3 is 0 Å². The van der Waals surface area contributed by atoms with Gasteiger partial charge in [-0.05, 0) is 50.0 Å². The molecular formula is C18H35NS. The molecule has 20 heavy (non-hydrogen) atoms. The molecule has 1 N–H and O–H groups in total. The third-order valence-corrected chi connectivity index (χ3v) is 7.67. The Morgan fingerprint density at radius 1 is 1.05 bits per heavy atom. The van der Waals surface area contributed by atoms with Crippen LogP contribution in [0.1, 0.15) is 79.1 Å². The Morgan fingerprint density at radius 2 is 1.75 bits per heavy atom. The van der Waals surface area contributed by atoms with Crippen LogP contribution >= 0.6 is 11.8 Å². The van der Waals surface area contributed by atoms with Gasteiger partial charge in [0.25, 0.3) is 0 Å². The van der Waals surface area contributed by atoms with Gasteiger partial charge in [0.1, 0.15) is 0 Å². The highest BCUT2D eigenvalue weighted by Gasteiger charge is 2.38. The van der Waals surface area contributed by atoms with E-state index in [0.717, 1.165) is 29.0 Å². The van der Waals surface area contributed by atoms with E-state index in [2.05, 4.69) is 44.8 Å². The van der Waals surface area contributed by atoms with Crippen LogP contribution in [0.5, 0.6) is 0 Å². The van der Waals surface area contributed by atoms with E-state index >= 15 is 0 Å². The molecule has 3 unspecified atom stereocenters. The average molecular weight is 298 g/mol. The second kappa shape index (κ2) is 7.54. The summed E-state index contributed by atoms with van der Waals surface area (Å²) in [4.78, 5) is 0. The predicted octanol–water partition coefficient (Wildman–Crippen LogP) is 5.25. The van der Waals surface area contributed by atoms with E-state index in [1.807, 2.05) is 0 Å². The maximum Gasteiger partial charge on any atom is 0.0206 e. The molecular weight excluding hydrogens is 262 g/mol. The fourth-order valence-corrected chi connectivity index (χ4v) is 5.91. The van der Waals surface area contributed by atoms with Crippen molar-refractivity contribution < 1.29 is 0 Å². The zero-order valence-corrected chi connectivity index (χ0v) is 14.9. The summed E-state index contributed by atoms with van der Waals surface area (Å²) in [6, 6.07) is 0.773. The minimum absolute atomic E-state index is 0.533. The molecule has 0 aromatic heterocycles. The summed E-state index contributed by atoms with van der Waals surface area (Å²) < 4.78 is 0. The lowest BCUT2D eigenvalue weighted by Gasteiger charge is -2.43. The van der Waals surface area contributed by atoms with E-state index in [1.165, 1.54) is 51.4 Å². The maximum absolute atomic E-state index is 3.78. The maximum atomic E-state index is 3.78. The highest BCUT2D eigenvalue weighted by molar-refractivity contribution is 8.00. The lowest BCUT2D eigenvalue weighted by atomic mass is 9.68. The fraction of sp³-hybridized carbons (Fsp3) is 1.00. The molecule has 0 heterocycles. The van der Waals surface area contributed by atoms with Crippen LogP contribution in [0, 0.1) is 11.3 Å². The third-order valence-electron chi connectivity index (χ3n) is 5.94. The Kier molecular flexibility index (Phi) is 6.28. The van der Waals surface area contributed by atoms with E-state index in [1.54, 1.807) is 0 Å². The molecule has 1 nitrogen and oxygen atoms in total. The Balaban J connectivity index is 1.97. The van der Waals surface area contributed by atoms with Crippen molar-refractivity contribution in [3.8, 4) is 0 Å². The van der Waals surface area contributed by atoms with Gasteiger partial charge in [-0.2, -0.15) is 11.8 Å². The first-order valence-electron chi connectivity index (χ1n) is 8.95. The summed E-state index contributed by atoms with van der Waals surface area (Å²) in [5.41, 5.74) is 0.533. The first-order chi connectivity index (χ1) is 9.56. The molecule has 0 radical (unpaired) electrons. The Bertz CT molecular complexity index is 283. The standard InChI is InChI=1S/C18H35NS/c1-5-18(3,4)14-11-12-16(19-6-2)17(13-14)20-15-9-7-8-10-15/h14-17,19H,5-13H2,1-4H3. The molecule has 2 rings (SSSR count). The summed E-state index contributed by atoms with van der Waals surface area (Å²) >= 11 is 2.34. The first kappa shape index (κ1) is 16.7. The van der Waals surface area contributed by atoms with Crippen molar-refractivity contribution in [1.82, 2.24) is 5.32 Å². The molecule has 118 valence electrons. The average Bonchev–Trinajstić information content (AvgIpc) is 2.94. The Morgan fingerprint density at radius 3 is 2.35 bits per heavy atom. The molecule has 0 aromatic carbocycles. The summed E-state index contributed by atoms with van der Waals surface area (Å²) in [5.74, 6) is 0.932. The van der Waals surface area contributed by atoms with Crippen molar-refractivity contribution in [3.05, 3.63) is 0 Å². The van der Waals surface area contributed by atoms with Gasteiger partial charge in [0.05, 0.1) is 0 Å². The molecule has 2 saturated carbocycles. The van der Waals surface area contributed by atoms with Gasteiger partial charge in [0.15, 0.2) is 0 Å². The number of thioether (sulfide) groups is 1. The molecule has 2 aliphatic carbocycles. The number of hydrogen-bond acceptors (Lipinski definition) is 2. The van der Waals surface area contributed by atoms with E-state index in [9.17, 15) is 0 Å². The second-order valence-corrected chi connectivity index (χ2v) is 9.14. The molecule has 2 aliphatic rings. The van der Waals surface area contributed by atoms with E-state index in [0.29, 0.717) is 5.41 Å². The van der Waals surface area contributed by atoms with Crippen LogP contribution in [0.15, 0.2) is 0 Å². The quantitative estimate of drug-likeness (QED) is 0.719. The van der Waals surface area contributed by atoms with Crippen molar-refractivity contribution in [1.29, 1.82) is 0 Å². The number of rotatable bonds is 6. The van der Waals surface area contributed by atoms with Crippen LogP contribution in [0.3, 0.4) is 0 Å². The molecule has 0 bridgehead atoms. The van der Waals surface area contributed by atoms with Gasteiger partial charge in [-0.3, -0.25) is 0 Å². The van der Waals surface area contributed by atoms with Crippen molar-refractivity contribution in [2.45, 2.75) is 95.6 Å². The fourth-order valence-electron chi connectivity index (χ4n) is 4.05. The normalized spacial score (nSPS) is 32.7. The number of hydrogen-bond donors (Lipinski definition) is 1. The largest absolute Gasteiger partial charge is 0.313 e. The van der Waals surface area contributed by atoms with Gasteiger partial charge in [-0.1, -0.05) is 47.0 Å². The minimum atomic E-state index is 0.533. The zero-order chi connectivity index (χ0) is 14.6. The first-order valence-corrected chi connectivity index (χ1v) is 9.90.